The average molecular weight is 430 g/mol. The molecule has 0 aliphatic carbocycles. The van der Waals surface area contributed by atoms with Crippen LogP contribution in [0, 0.1) is 5.82 Å². The Kier molecular flexibility index (Phi) is 5.97. The van der Waals surface area contributed by atoms with Gasteiger partial charge in [0.2, 0.25) is 10.0 Å². The van der Waals surface area contributed by atoms with Crippen LogP contribution in [0.4, 0.5) is 4.39 Å². The van der Waals surface area contributed by atoms with E-state index in [2.05, 4.69) is 15.9 Å². The number of hydrogen-bond donors (Lipinski definition) is 1. The van der Waals surface area contributed by atoms with Crippen molar-refractivity contribution in [1.82, 2.24) is 4.31 Å². The molecule has 0 heterocycles. The quantitative estimate of drug-likeness (QED) is 0.755. The van der Waals surface area contributed by atoms with Crippen LogP contribution in [0.1, 0.15) is 29.8 Å². The number of rotatable bonds is 6. The predicted octanol–water partition coefficient (Wildman–Crippen LogP) is 3.89. The second kappa shape index (κ2) is 7.63. The molecule has 0 amide bonds. The first-order valence-corrected chi connectivity index (χ1v) is 9.66. The van der Waals surface area contributed by atoms with Crippen LogP contribution in [0.2, 0.25) is 0 Å². The molecule has 8 heteroatoms. The predicted molar refractivity (Wildman–Crippen MR) is 95.4 cm³/mol. The molecule has 0 spiro atoms. The van der Waals surface area contributed by atoms with Gasteiger partial charge in [-0.3, -0.25) is 0 Å². The fourth-order valence-electron chi connectivity index (χ4n) is 2.34. The van der Waals surface area contributed by atoms with Crippen LogP contribution in [0.5, 0.6) is 0 Å². The molecule has 2 rings (SSSR count). The third-order valence-electron chi connectivity index (χ3n) is 3.58. The number of benzene rings is 2. The SMILES string of the molecule is CC(C)N(Cc1ccccc1)S(=O)(=O)c1cc(Br)cc(C(=O)O)c1F. The van der Waals surface area contributed by atoms with Crippen LogP contribution in [0.25, 0.3) is 0 Å². The summed E-state index contributed by atoms with van der Waals surface area (Å²) in [5.74, 6) is -2.80. The molecule has 0 aliphatic rings. The van der Waals surface area contributed by atoms with Crippen LogP contribution in [0.3, 0.4) is 0 Å². The van der Waals surface area contributed by atoms with E-state index in [1.165, 1.54) is 0 Å². The first-order valence-electron chi connectivity index (χ1n) is 7.42. The minimum absolute atomic E-state index is 0.0508. The molecule has 2 aromatic carbocycles. The van der Waals surface area contributed by atoms with Crippen LogP contribution in [-0.2, 0) is 16.6 Å². The van der Waals surface area contributed by atoms with Gasteiger partial charge < -0.3 is 5.11 Å². The minimum atomic E-state index is -4.24. The highest BCUT2D eigenvalue weighted by Gasteiger charge is 2.32. The van der Waals surface area contributed by atoms with E-state index in [-0.39, 0.29) is 11.0 Å². The number of sulfonamides is 1. The molecule has 5 nitrogen and oxygen atoms in total. The number of aromatic carboxylic acids is 1. The lowest BCUT2D eigenvalue weighted by atomic mass is 10.2. The van der Waals surface area contributed by atoms with Crippen molar-refractivity contribution in [1.29, 1.82) is 0 Å². The van der Waals surface area contributed by atoms with Gasteiger partial charge in [0.15, 0.2) is 5.82 Å². The highest BCUT2D eigenvalue weighted by atomic mass is 79.9. The smallest absolute Gasteiger partial charge is 0.338 e. The highest BCUT2D eigenvalue weighted by Crippen LogP contribution is 2.28. The van der Waals surface area contributed by atoms with E-state index in [1.807, 2.05) is 6.07 Å². The van der Waals surface area contributed by atoms with Crippen molar-refractivity contribution in [3.63, 3.8) is 0 Å². The van der Waals surface area contributed by atoms with Gasteiger partial charge in [-0.2, -0.15) is 4.31 Å². The van der Waals surface area contributed by atoms with Crippen molar-refractivity contribution in [2.45, 2.75) is 31.3 Å². The molecule has 25 heavy (non-hydrogen) atoms. The Labute approximate surface area is 154 Å². The Morgan fingerprint density at radius 3 is 2.36 bits per heavy atom. The summed E-state index contributed by atoms with van der Waals surface area (Å²) in [6.07, 6.45) is 0. The summed E-state index contributed by atoms with van der Waals surface area (Å²) in [7, 11) is -4.24. The second-order valence-electron chi connectivity index (χ2n) is 5.70. The first-order chi connectivity index (χ1) is 11.6. The zero-order valence-corrected chi connectivity index (χ0v) is 16.0. The van der Waals surface area contributed by atoms with Gasteiger partial charge in [-0.15, -0.1) is 0 Å². The number of hydrogen-bond acceptors (Lipinski definition) is 3. The van der Waals surface area contributed by atoms with E-state index in [0.29, 0.717) is 0 Å². The van der Waals surface area contributed by atoms with Gasteiger partial charge in [-0.1, -0.05) is 46.3 Å². The zero-order valence-electron chi connectivity index (χ0n) is 13.6. The molecule has 0 fully saturated rings. The van der Waals surface area contributed by atoms with Crippen LogP contribution >= 0.6 is 15.9 Å². The normalized spacial score (nSPS) is 11.9. The largest absolute Gasteiger partial charge is 0.478 e. The minimum Gasteiger partial charge on any atom is -0.478 e. The van der Waals surface area contributed by atoms with E-state index >= 15 is 0 Å². The van der Waals surface area contributed by atoms with E-state index in [1.54, 1.807) is 38.1 Å². The molecule has 0 aliphatic heterocycles. The van der Waals surface area contributed by atoms with E-state index < -0.39 is 38.3 Å². The number of halogens is 2. The number of carboxylic acids is 1. The molecular weight excluding hydrogens is 413 g/mol. The van der Waals surface area contributed by atoms with Crippen molar-refractivity contribution in [2.75, 3.05) is 0 Å². The third kappa shape index (κ3) is 4.26. The van der Waals surface area contributed by atoms with Gasteiger partial charge in [0.25, 0.3) is 0 Å². The van der Waals surface area contributed by atoms with Crippen LogP contribution in [0.15, 0.2) is 51.8 Å². The van der Waals surface area contributed by atoms with Crippen molar-refractivity contribution in [3.05, 3.63) is 63.9 Å². The maximum atomic E-state index is 14.6. The molecule has 0 unspecified atom stereocenters. The summed E-state index contributed by atoms with van der Waals surface area (Å²) < 4.78 is 41.9. The summed E-state index contributed by atoms with van der Waals surface area (Å²) >= 11 is 3.05. The zero-order chi connectivity index (χ0) is 18.8. The van der Waals surface area contributed by atoms with Crippen molar-refractivity contribution >= 4 is 31.9 Å². The van der Waals surface area contributed by atoms with Gasteiger partial charge in [0.1, 0.15) is 4.90 Å². The summed E-state index contributed by atoms with van der Waals surface area (Å²) in [6, 6.07) is 10.6. The second-order valence-corrected chi connectivity index (χ2v) is 8.47. The monoisotopic (exact) mass is 429 g/mol. The Bertz CT molecular complexity index is 885. The fraction of sp³-hybridized carbons (Fsp3) is 0.235. The van der Waals surface area contributed by atoms with Crippen molar-refractivity contribution in [2.24, 2.45) is 0 Å². The van der Waals surface area contributed by atoms with Gasteiger partial charge in [-0.25, -0.2) is 17.6 Å². The highest BCUT2D eigenvalue weighted by molar-refractivity contribution is 9.10. The number of carboxylic acid groups (broad SMARTS) is 1. The Balaban J connectivity index is 2.56. The molecular formula is C17H17BrFNO4S. The fourth-order valence-corrected chi connectivity index (χ4v) is 4.69. The first kappa shape index (κ1) is 19.6. The van der Waals surface area contributed by atoms with E-state index in [9.17, 15) is 17.6 Å². The van der Waals surface area contributed by atoms with Crippen molar-refractivity contribution in [3.8, 4) is 0 Å². The van der Waals surface area contributed by atoms with E-state index in [0.717, 1.165) is 22.0 Å². The van der Waals surface area contributed by atoms with Gasteiger partial charge >= 0.3 is 5.97 Å². The summed E-state index contributed by atoms with van der Waals surface area (Å²) in [5.41, 5.74) is 0.0463. The lowest BCUT2D eigenvalue weighted by Gasteiger charge is -2.26. The maximum Gasteiger partial charge on any atom is 0.338 e. The molecule has 0 saturated carbocycles. The molecule has 134 valence electrons. The van der Waals surface area contributed by atoms with Crippen molar-refractivity contribution < 1.29 is 22.7 Å². The summed E-state index contributed by atoms with van der Waals surface area (Å²) in [5, 5.41) is 9.09. The molecule has 0 saturated heterocycles. The molecule has 2 aromatic rings. The maximum absolute atomic E-state index is 14.6. The van der Waals surface area contributed by atoms with Crippen LogP contribution in [-0.4, -0.2) is 29.8 Å². The number of carbonyl (C=O) groups is 1. The summed E-state index contributed by atoms with van der Waals surface area (Å²) in [4.78, 5) is 10.5. The molecule has 1 N–H and O–H groups in total. The molecule has 0 radical (unpaired) electrons. The average Bonchev–Trinajstić information content (AvgIpc) is 2.54. The molecule has 0 bridgehead atoms. The Morgan fingerprint density at radius 2 is 1.84 bits per heavy atom. The standard InChI is InChI=1S/C17H17BrFNO4S/c1-11(2)20(10-12-6-4-3-5-7-12)25(23,24)15-9-13(18)8-14(16(15)19)17(21)22/h3-9,11H,10H2,1-2H3,(H,21,22). The topological polar surface area (TPSA) is 74.7 Å². The Hall–Kier alpha value is -1.77. The van der Waals surface area contributed by atoms with Gasteiger partial charge in [-0.05, 0) is 31.5 Å². The van der Waals surface area contributed by atoms with Gasteiger partial charge in [0.05, 0.1) is 5.56 Å². The van der Waals surface area contributed by atoms with E-state index in [4.69, 9.17) is 5.11 Å². The Morgan fingerprint density at radius 1 is 1.24 bits per heavy atom. The number of nitrogens with zero attached hydrogens (tertiary/aromatic N) is 1. The third-order valence-corrected chi connectivity index (χ3v) is 6.06. The summed E-state index contributed by atoms with van der Waals surface area (Å²) in [6.45, 7) is 3.40. The van der Waals surface area contributed by atoms with Gasteiger partial charge in [0, 0.05) is 17.1 Å². The molecule has 0 atom stereocenters. The lowest BCUT2D eigenvalue weighted by Crippen LogP contribution is -2.37. The van der Waals surface area contributed by atoms with Crippen LogP contribution < -0.4 is 0 Å². The molecule has 0 aromatic heterocycles. The lowest BCUT2D eigenvalue weighted by molar-refractivity contribution is 0.0691.